The van der Waals surface area contributed by atoms with Gasteiger partial charge in [0.05, 0.1) is 0 Å². The monoisotopic (exact) mass is 460 g/mol. The Bertz CT molecular complexity index is 1100. The second-order valence-corrected chi connectivity index (χ2v) is 9.79. The van der Waals surface area contributed by atoms with Gasteiger partial charge in [0.15, 0.2) is 5.69 Å². The molecule has 6 heteroatoms. The van der Waals surface area contributed by atoms with E-state index in [1.165, 1.54) is 0 Å². The number of esters is 1. The minimum atomic E-state index is -0.723. The molecule has 178 valence electrons. The third-order valence-corrected chi connectivity index (χ3v) is 5.99. The van der Waals surface area contributed by atoms with Crippen LogP contribution in [0.1, 0.15) is 79.8 Å². The number of nitrogens with zero attached hydrogens (tertiary/aromatic N) is 2. The van der Waals surface area contributed by atoms with E-state index in [1.54, 1.807) is 20.8 Å². The Balaban J connectivity index is 1.76. The Morgan fingerprint density at radius 3 is 2.24 bits per heavy atom. The van der Waals surface area contributed by atoms with Crippen molar-refractivity contribution < 1.29 is 19.4 Å². The fraction of sp³-hybridized carbons (Fsp3) is 0.393. The van der Waals surface area contributed by atoms with Crippen molar-refractivity contribution in [1.29, 1.82) is 0 Å². The molecular weight excluding hydrogens is 428 g/mol. The van der Waals surface area contributed by atoms with Crippen molar-refractivity contribution in [2.45, 2.75) is 64.6 Å². The lowest BCUT2D eigenvalue weighted by Crippen LogP contribution is -2.26. The summed E-state index contributed by atoms with van der Waals surface area (Å²) in [5.74, 6) is -0.416. The zero-order valence-corrected chi connectivity index (χ0v) is 20.0. The molecule has 1 heterocycles. The maximum absolute atomic E-state index is 13.2. The van der Waals surface area contributed by atoms with E-state index in [0.29, 0.717) is 11.7 Å². The van der Waals surface area contributed by atoms with E-state index in [9.17, 15) is 9.90 Å². The van der Waals surface area contributed by atoms with Crippen molar-refractivity contribution in [2.24, 2.45) is 5.92 Å². The van der Waals surface area contributed by atoms with Gasteiger partial charge in [-0.15, -0.1) is 0 Å². The zero-order valence-electron chi connectivity index (χ0n) is 20.0. The molecule has 0 radical (unpaired) electrons. The van der Waals surface area contributed by atoms with Gasteiger partial charge in [-0.05, 0) is 50.7 Å². The Hall–Kier alpha value is -3.41. The molecule has 1 saturated carbocycles. The van der Waals surface area contributed by atoms with Crippen LogP contribution in [0, 0.1) is 5.92 Å². The van der Waals surface area contributed by atoms with E-state index in [4.69, 9.17) is 9.47 Å². The van der Waals surface area contributed by atoms with Gasteiger partial charge in [0.1, 0.15) is 18.0 Å². The first kappa shape index (κ1) is 23.7. The number of aromatic hydroxyl groups is 1. The average molecular weight is 461 g/mol. The zero-order chi connectivity index (χ0) is 24.1. The molecular formula is C28H32N2O4. The number of carbonyl (C=O) groups is 1. The van der Waals surface area contributed by atoms with Crippen LogP contribution in [0.4, 0.5) is 0 Å². The topological polar surface area (TPSA) is 81.5 Å². The Kier molecular flexibility index (Phi) is 7.15. The van der Waals surface area contributed by atoms with Gasteiger partial charge in [0.2, 0.25) is 5.75 Å². The average Bonchev–Trinajstić information content (AvgIpc) is 3.33. The van der Waals surface area contributed by atoms with Crippen LogP contribution in [0.2, 0.25) is 0 Å². The molecule has 0 amide bonds. The summed E-state index contributed by atoms with van der Waals surface area (Å²) in [5.41, 5.74) is 1.20. The summed E-state index contributed by atoms with van der Waals surface area (Å²) >= 11 is 0. The first-order chi connectivity index (χ1) is 16.3. The van der Waals surface area contributed by atoms with Crippen LogP contribution in [0.25, 0.3) is 0 Å². The summed E-state index contributed by atoms with van der Waals surface area (Å²) in [5, 5.41) is 11.0. The number of hydrogen-bond acceptors (Lipinski definition) is 6. The summed E-state index contributed by atoms with van der Waals surface area (Å²) in [6, 6.07) is 19.6. The third kappa shape index (κ3) is 5.74. The number of benzene rings is 2. The van der Waals surface area contributed by atoms with Crippen LogP contribution in [0.5, 0.6) is 11.6 Å². The van der Waals surface area contributed by atoms with Crippen LogP contribution in [0.3, 0.4) is 0 Å². The third-order valence-electron chi connectivity index (χ3n) is 5.99. The number of aromatic nitrogens is 2. The van der Waals surface area contributed by atoms with Crippen LogP contribution < -0.4 is 4.74 Å². The molecule has 0 saturated heterocycles. The maximum atomic E-state index is 13.2. The second-order valence-electron chi connectivity index (χ2n) is 9.79. The van der Waals surface area contributed by atoms with E-state index < -0.39 is 11.6 Å². The predicted molar refractivity (Wildman–Crippen MR) is 130 cm³/mol. The molecule has 0 spiro atoms. The molecule has 3 aromatic rings. The molecule has 1 N–H and O–H groups in total. The predicted octanol–water partition coefficient (Wildman–Crippen LogP) is 6.04. The largest absolute Gasteiger partial charge is 0.491 e. The number of carbonyl (C=O) groups excluding carboxylic acids is 1. The van der Waals surface area contributed by atoms with E-state index in [1.807, 2.05) is 48.5 Å². The van der Waals surface area contributed by atoms with E-state index >= 15 is 0 Å². The number of ether oxygens (including phenoxy) is 2. The van der Waals surface area contributed by atoms with Crippen molar-refractivity contribution in [2.75, 3.05) is 0 Å². The molecule has 2 aromatic carbocycles. The molecule has 0 aliphatic heterocycles. The van der Waals surface area contributed by atoms with E-state index in [2.05, 4.69) is 22.1 Å². The highest BCUT2D eigenvalue weighted by molar-refractivity contribution is 5.91. The summed E-state index contributed by atoms with van der Waals surface area (Å²) in [6.45, 7) is 5.55. The molecule has 1 aromatic heterocycles. The Labute approximate surface area is 201 Å². The second kappa shape index (κ2) is 10.2. The molecule has 34 heavy (non-hydrogen) atoms. The van der Waals surface area contributed by atoms with Crippen molar-refractivity contribution in [3.63, 3.8) is 0 Å². The molecule has 1 unspecified atom stereocenters. The van der Waals surface area contributed by atoms with Crippen LogP contribution >= 0.6 is 0 Å². The maximum Gasteiger partial charge on any atom is 0.361 e. The summed E-state index contributed by atoms with van der Waals surface area (Å²) < 4.78 is 11.5. The van der Waals surface area contributed by atoms with Gasteiger partial charge >= 0.3 is 5.97 Å². The van der Waals surface area contributed by atoms with Gasteiger partial charge in [-0.25, -0.2) is 9.78 Å². The van der Waals surface area contributed by atoms with Gasteiger partial charge in [-0.3, -0.25) is 0 Å². The van der Waals surface area contributed by atoms with Crippen molar-refractivity contribution >= 4 is 5.97 Å². The van der Waals surface area contributed by atoms with E-state index in [0.717, 1.165) is 36.8 Å². The van der Waals surface area contributed by atoms with Crippen LogP contribution in [-0.2, 0) is 11.3 Å². The first-order valence-corrected chi connectivity index (χ1v) is 11.9. The van der Waals surface area contributed by atoms with Crippen molar-refractivity contribution in [3.8, 4) is 11.6 Å². The smallest absolute Gasteiger partial charge is 0.361 e. The minimum Gasteiger partial charge on any atom is -0.491 e. The van der Waals surface area contributed by atoms with Gasteiger partial charge in [0.25, 0.3) is 5.88 Å². The highest BCUT2D eigenvalue weighted by Crippen LogP contribution is 2.42. The SMILES string of the molecule is CC(C)(C)OC(=O)c1nc(C(c2ccccc2)C2CCCC2)nc(O)c1OCc1ccccc1. The van der Waals surface area contributed by atoms with E-state index in [-0.39, 0.29) is 29.8 Å². The van der Waals surface area contributed by atoms with Crippen molar-refractivity contribution in [1.82, 2.24) is 9.97 Å². The number of rotatable bonds is 7. The summed E-state index contributed by atoms with van der Waals surface area (Å²) in [6.07, 6.45) is 4.41. The van der Waals surface area contributed by atoms with Gasteiger partial charge < -0.3 is 14.6 Å². The number of hydrogen-bond donors (Lipinski definition) is 1. The van der Waals surface area contributed by atoms with Gasteiger partial charge in [-0.2, -0.15) is 4.98 Å². The molecule has 0 bridgehead atoms. The summed E-state index contributed by atoms with van der Waals surface area (Å²) in [7, 11) is 0. The fourth-order valence-electron chi connectivity index (χ4n) is 4.51. The molecule has 4 rings (SSSR count). The quantitative estimate of drug-likeness (QED) is 0.433. The summed E-state index contributed by atoms with van der Waals surface area (Å²) in [4.78, 5) is 22.3. The molecule has 6 nitrogen and oxygen atoms in total. The fourth-order valence-corrected chi connectivity index (χ4v) is 4.51. The lowest BCUT2D eigenvalue weighted by molar-refractivity contribution is 0.00564. The lowest BCUT2D eigenvalue weighted by Gasteiger charge is -2.25. The van der Waals surface area contributed by atoms with Crippen molar-refractivity contribution in [3.05, 3.63) is 83.3 Å². The standard InChI is InChI=1S/C28H32N2O4/c1-28(2,3)34-27(32)23-24(33-18-19-12-6-4-7-13-19)26(31)30-25(29-23)22(21-16-10-11-17-21)20-14-8-5-9-15-20/h4-9,12-15,21-22H,10-11,16-18H2,1-3H3,(H,29,30,31). The molecule has 1 aliphatic carbocycles. The minimum absolute atomic E-state index is 0.0488. The first-order valence-electron chi connectivity index (χ1n) is 11.9. The highest BCUT2D eigenvalue weighted by atomic mass is 16.6. The lowest BCUT2D eigenvalue weighted by atomic mass is 9.84. The van der Waals surface area contributed by atoms with Gasteiger partial charge in [-0.1, -0.05) is 73.5 Å². The Morgan fingerprint density at radius 1 is 1.00 bits per heavy atom. The van der Waals surface area contributed by atoms with Gasteiger partial charge in [0, 0.05) is 5.92 Å². The Morgan fingerprint density at radius 2 is 1.62 bits per heavy atom. The molecule has 1 atom stereocenters. The van der Waals surface area contributed by atoms with Crippen LogP contribution in [-0.4, -0.2) is 26.6 Å². The highest BCUT2D eigenvalue weighted by Gasteiger charge is 2.33. The molecule has 1 aliphatic rings. The normalized spacial score (nSPS) is 15.1. The van der Waals surface area contributed by atoms with Crippen LogP contribution in [0.15, 0.2) is 60.7 Å². The molecule has 1 fully saturated rings.